The van der Waals surface area contributed by atoms with Crippen molar-refractivity contribution in [2.75, 3.05) is 25.0 Å². The second-order valence-corrected chi connectivity index (χ2v) is 8.25. The zero-order valence-electron chi connectivity index (χ0n) is 16.6. The molecule has 0 spiro atoms. The Balaban J connectivity index is 1.81. The molecule has 33 heavy (non-hydrogen) atoms. The van der Waals surface area contributed by atoms with Gasteiger partial charge in [-0.25, -0.2) is 21.9 Å². The molecule has 0 fully saturated rings. The van der Waals surface area contributed by atoms with Crippen LogP contribution in [-0.4, -0.2) is 38.9 Å². The molecule has 0 unspecified atom stereocenters. The summed E-state index contributed by atoms with van der Waals surface area (Å²) >= 11 is 0. The zero-order valence-corrected chi connectivity index (χ0v) is 17.4. The quantitative estimate of drug-likeness (QED) is 0.201. The van der Waals surface area contributed by atoms with Gasteiger partial charge in [-0.3, -0.25) is 14.9 Å². The van der Waals surface area contributed by atoms with E-state index in [1.165, 1.54) is 0 Å². The first kappa shape index (κ1) is 25.9. The Morgan fingerprint density at radius 2 is 1.70 bits per heavy atom. The molecule has 0 bridgehead atoms. The van der Waals surface area contributed by atoms with Crippen LogP contribution in [0.5, 0.6) is 0 Å². The van der Waals surface area contributed by atoms with Crippen LogP contribution in [0.2, 0.25) is 0 Å². The first-order chi connectivity index (χ1) is 15.3. The molecule has 2 aromatic rings. The van der Waals surface area contributed by atoms with Crippen LogP contribution in [0.25, 0.3) is 0 Å². The van der Waals surface area contributed by atoms with Gasteiger partial charge in [-0.1, -0.05) is 0 Å². The fourth-order valence-electron chi connectivity index (χ4n) is 2.52. The predicted octanol–water partition coefficient (Wildman–Crippen LogP) is 2.79. The van der Waals surface area contributed by atoms with Crippen molar-refractivity contribution in [2.45, 2.75) is 17.5 Å². The van der Waals surface area contributed by atoms with Gasteiger partial charge in [0.1, 0.15) is 5.69 Å². The maximum absolute atomic E-state index is 13.2. The molecule has 2 aromatic carbocycles. The number of alkyl halides is 3. The molecule has 0 saturated heterocycles. The Morgan fingerprint density at radius 1 is 1.00 bits per heavy atom. The van der Waals surface area contributed by atoms with Crippen LogP contribution >= 0.6 is 0 Å². The third kappa shape index (κ3) is 7.35. The van der Waals surface area contributed by atoms with E-state index in [9.17, 15) is 45.3 Å². The molecule has 2 rings (SSSR count). The zero-order chi connectivity index (χ0) is 24.8. The summed E-state index contributed by atoms with van der Waals surface area (Å²) in [6, 6.07) is 3.95. The molecular formula is C18H17F5N4O5S. The Labute approximate surface area is 184 Å². The molecule has 0 heterocycles. The van der Waals surface area contributed by atoms with E-state index in [0.29, 0.717) is 24.3 Å². The van der Waals surface area contributed by atoms with Gasteiger partial charge in [-0.15, -0.1) is 0 Å². The second-order valence-electron chi connectivity index (χ2n) is 6.49. The van der Waals surface area contributed by atoms with E-state index in [1.54, 1.807) is 0 Å². The number of halogens is 5. The van der Waals surface area contributed by atoms with E-state index in [1.807, 2.05) is 4.72 Å². The van der Waals surface area contributed by atoms with Gasteiger partial charge in [0, 0.05) is 32.1 Å². The molecule has 0 aliphatic heterocycles. The summed E-state index contributed by atoms with van der Waals surface area (Å²) in [5.74, 6) is -3.17. The standard InChI is InChI=1S/C18H17F5N4O5S/c19-13-3-2-12(10-14(13)20)33(31,32)26-6-5-17(28)25-8-7-24-15-4-1-11(18(21,22)23)9-16(15)27(29)30/h1-4,9-10,24,26H,5-8H2,(H,25,28). The molecule has 180 valence electrons. The molecule has 0 atom stereocenters. The highest BCUT2D eigenvalue weighted by molar-refractivity contribution is 7.89. The smallest absolute Gasteiger partial charge is 0.378 e. The number of nitro groups is 1. The Morgan fingerprint density at radius 3 is 2.30 bits per heavy atom. The van der Waals surface area contributed by atoms with E-state index < -0.39 is 54.8 Å². The number of hydrogen-bond acceptors (Lipinski definition) is 6. The van der Waals surface area contributed by atoms with E-state index >= 15 is 0 Å². The molecule has 0 aromatic heterocycles. The molecule has 0 aliphatic rings. The van der Waals surface area contributed by atoms with Crippen LogP contribution in [0.4, 0.5) is 33.3 Å². The van der Waals surface area contributed by atoms with Crippen molar-refractivity contribution < 1.29 is 40.1 Å². The highest BCUT2D eigenvalue weighted by Gasteiger charge is 2.33. The average Bonchev–Trinajstić information content (AvgIpc) is 2.72. The minimum absolute atomic E-state index is 0.0709. The van der Waals surface area contributed by atoms with Gasteiger partial charge in [0.25, 0.3) is 5.69 Å². The second kappa shape index (κ2) is 10.5. The summed E-state index contributed by atoms with van der Waals surface area (Å²) in [6.07, 6.45) is -5.06. The predicted molar refractivity (Wildman–Crippen MR) is 106 cm³/mol. The lowest BCUT2D eigenvalue weighted by Crippen LogP contribution is -2.33. The first-order valence-electron chi connectivity index (χ1n) is 9.12. The van der Waals surface area contributed by atoms with Gasteiger partial charge in [0.05, 0.1) is 15.4 Å². The van der Waals surface area contributed by atoms with Gasteiger partial charge < -0.3 is 10.6 Å². The molecular weight excluding hydrogens is 479 g/mol. The number of sulfonamides is 1. The fraction of sp³-hybridized carbons (Fsp3) is 0.278. The number of carbonyl (C=O) groups is 1. The fourth-order valence-corrected chi connectivity index (χ4v) is 3.57. The minimum Gasteiger partial charge on any atom is -0.378 e. The van der Waals surface area contributed by atoms with Gasteiger partial charge in [-0.2, -0.15) is 13.2 Å². The summed E-state index contributed by atoms with van der Waals surface area (Å²) in [4.78, 5) is 21.3. The number of nitro benzene ring substituents is 1. The van der Waals surface area contributed by atoms with Crippen LogP contribution in [0.3, 0.4) is 0 Å². The molecule has 1 amide bonds. The van der Waals surface area contributed by atoms with Gasteiger partial charge in [0.2, 0.25) is 15.9 Å². The number of hydrogen-bond donors (Lipinski definition) is 3. The number of benzene rings is 2. The van der Waals surface area contributed by atoms with Crippen LogP contribution in [0, 0.1) is 21.7 Å². The summed E-state index contributed by atoms with van der Waals surface area (Å²) in [6.45, 7) is -0.504. The normalized spacial score (nSPS) is 11.8. The van der Waals surface area contributed by atoms with Crippen molar-refractivity contribution >= 4 is 27.3 Å². The summed E-state index contributed by atoms with van der Waals surface area (Å²) in [7, 11) is -4.18. The van der Waals surface area contributed by atoms with Gasteiger partial charge >= 0.3 is 6.18 Å². The maximum atomic E-state index is 13.2. The Hall–Kier alpha value is -3.33. The SMILES string of the molecule is O=C(CCNS(=O)(=O)c1ccc(F)c(F)c1)NCCNc1ccc(C(F)(F)F)cc1[N+](=O)[O-]. The van der Waals surface area contributed by atoms with Gasteiger partial charge in [0.15, 0.2) is 11.6 Å². The Bertz CT molecular complexity index is 1140. The van der Waals surface area contributed by atoms with Crippen molar-refractivity contribution in [1.82, 2.24) is 10.0 Å². The van der Waals surface area contributed by atoms with E-state index in [-0.39, 0.29) is 31.7 Å². The van der Waals surface area contributed by atoms with Crippen molar-refractivity contribution in [3.63, 3.8) is 0 Å². The molecule has 15 heteroatoms. The number of rotatable bonds is 10. The Kier molecular flexibility index (Phi) is 8.27. The van der Waals surface area contributed by atoms with E-state index in [2.05, 4.69) is 10.6 Å². The molecule has 9 nitrogen and oxygen atoms in total. The minimum atomic E-state index is -4.75. The van der Waals surface area contributed by atoms with Crippen molar-refractivity contribution in [3.05, 3.63) is 63.7 Å². The molecule has 0 aliphatic carbocycles. The number of carbonyl (C=O) groups excluding carboxylic acids is 1. The third-order valence-corrected chi connectivity index (χ3v) is 5.59. The summed E-state index contributed by atoms with van der Waals surface area (Å²) < 4.78 is 90.2. The number of amides is 1. The van der Waals surface area contributed by atoms with Crippen molar-refractivity contribution in [2.24, 2.45) is 0 Å². The molecule has 0 saturated carbocycles. The molecule has 3 N–H and O–H groups in total. The lowest BCUT2D eigenvalue weighted by Gasteiger charge is -2.11. The van der Waals surface area contributed by atoms with Crippen molar-refractivity contribution in [3.8, 4) is 0 Å². The van der Waals surface area contributed by atoms with Crippen LogP contribution in [0.15, 0.2) is 41.3 Å². The van der Waals surface area contributed by atoms with Gasteiger partial charge in [-0.05, 0) is 30.3 Å². The first-order valence-corrected chi connectivity index (χ1v) is 10.6. The summed E-state index contributed by atoms with van der Waals surface area (Å²) in [5, 5.41) is 15.9. The monoisotopic (exact) mass is 496 g/mol. The van der Waals surface area contributed by atoms with Crippen molar-refractivity contribution in [1.29, 1.82) is 0 Å². The highest BCUT2D eigenvalue weighted by atomic mass is 32.2. The van der Waals surface area contributed by atoms with Crippen LogP contribution in [-0.2, 0) is 21.0 Å². The van der Waals surface area contributed by atoms with E-state index in [4.69, 9.17) is 0 Å². The number of nitrogens with one attached hydrogen (secondary N) is 3. The highest BCUT2D eigenvalue weighted by Crippen LogP contribution is 2.34. The largest absolute Gasteiger partial charge is 0.416 e. The van der Waals surface area contributed by atoms with E-state index in [0.717, 1.165) is 12.1 Å². The van der Waals surface area contributed by atoms with Crippen LogP contribution in [0.1, 0.15) is 12.0 Å². The summed E-state index contributed by atoms with van der Waals surface area (Å²) in [5.41, 5.74) is -2.15. The molecule has 0 radical (unpaired) electrons. The number of nitrogens with zero attached hydrogens (tertiary/aromatic N) is 1. The maximum Gasteiger partial charge on any atom is 0.416 e. The lowest BCUT2D eigenvalue weighted by atomic mass is 10.1. The average molecular weight is 496 g/mol. The lowest BCUT2D eigenvalue weighted by molar-refractivity contribution is -0.384. The topological polar surface area (TPSA) is 130 Å². The third-order valence-electron chi connectivity index (χ3n) is 4.13. The number of anilines is 1. The van der Waals surface area contributed by atoms with Crippen LogP contribution < -0.4 is 15.4 Å².